The van der Waals surface area contributed by atoms with Crippen LogP contribution in [0.4, 0.5) is 0 Å². The second-order valence-electron chi connectivity index (χ2n) is 9.66. The highest BCUT2D eigenvalue weighted by Gasteiger charge is 2.74. The maximum atomic E-state index is 13.9. The number of likely N-dealkylation sites (tertiary alicyclic amines) is 1. The van der Waals surface area contributed by atoms with Crippen molar-refractivity contribution in [1.82, 2.24) is 9.80 Å². The molecule has 8 heteroatoms. The van der Waals surface area contributed by atoms with E-state index in [0.717, 1.165) is 6.42 Å². The summed E-state index contributed by atoms with van der Waals surface area (Å²) in [4.78, 5) is 44.2. The van der Waals surface area contributed by atoms with E-state index in [9.17, 15) is 19.5 Å². The van der Waals surface area contributed by atoms with Crippen LogP contribution in [0.3, 0.4) is 0 Å². The van der Waals surface area contributed by atoms with E-state index in [1.807, 2.05) is 45.1 Å². The van der Waals surface area contributed by atoms with Crippen LogP contribution >= 0.6 is 0 Å². The van der Waals surface area contributed by atoms with Gasteiger partial charge < -0.3 is 24.4 Å². The molecule has 8 nitrogen and oxygen atoms in total. The molecule has 1 spiro atoms. The van der Waals surface area contributed by atoms with E-state index < -0.39 is 35.0 Å². The van der Waals surface area contributed by atoms with Gasteiger partial charge in [0.2, 0.25) is 11.8 Å². The Labute approximate surface area is 189 Å². The number of ether oxygens (including phenoxy) is 2. The number of nitrogens with zero attached hydrogens (tertiary/aromatic N) is 2. The molecule has 0 saturated carbocycles. The number of esters is 1. The zero-order valence-corrected chi connectivity index (χ0v) is 19.2. The fourth-order valence-corrected chi connectivity index (χ4v) is 5.75. The van der Waals surface area contributed by atoms with E-state index in [0.29, 0.717) is 39.0 Å². The van der Waals surface area contributed by atoms with Gasteiger partial charge in [-0.3, -0.25) is 14.4 Å². The number of fused-ring (bicyclic) bond motifs is 2. The number of aliphatic hydroxyl groups is 1. The summed E-state index contributed by atoms with van der Waals surface area (Å²) in [7, 11) is 0. The van der Waals surface area contributed by atoms with Crippen LogP contribution in [0.15, 0.2) is 24.3 Å². The first-order chi connectivity index (χ1) is 15.3. The molecule has 176 valence electrons. The third kappa shape index (κ3) is 3.48. The van der Waals surface area contributed by atoms with Gasteiger partial charge >= 0.3 is 5.97 Å². The minimum atomic E-state index is -1.24. The topological polar surface area (TPSA) is 96.4 Å². The van der Waals surface area contributed by atoms with Crippen LogP contribution in [0.2, 0.25) is 0 Å². The zero-order valence-electron chi connectivity index (χ0n) is 19.2. The van der Waals surface area contributed by atoms with Crippen molar-refractivity contribution in [2.24, 2.45) is 11.8 Å². The zero-order chi connectivity index (χ0) is 23.1. The number of aliphatic hydroxyl groups excluding tert-OH is 1. The van der Waals surface area contributed by atoms with E-state index in [4.69, 9.17) is 9.47 Å². The molecule has 5 atom stereocenters. The van der Waals surface area contributed by atoms with Crippen molar-refractivity contribution < 1.29 is 29.0 Å². The molecule has 0 aliphatic carbocycles. The van der Waals surface area contributed by atoms with Gasteiger partial charge in [0.15, 0.2) is 0 Å². The van der Waals surface area contributed by atoms with Gasteiger partial charge in [-0.15, -0.1) is 0 Å². The molecule has 0 aromatic heterocycles. The number of hydrogen-bond donors (Lipinski definition) is 1. The largest absolute Gasteiger partial charge is 0.465 e. The second-order valence-corrected chi connectivity index (χ2v) is 9.66. The Hall–Kier alpha value is -2.19. The Kier molecular flexibility index (Phi) is 6.20. The van der Waals surface area contributed by atoms with E-state index in [1.54, 1.807) is 9.80 Å². The van der Waals surface area contributed by atoms with Crippen molar-refractivity contribution in [2.75, 3.05) is 26.3 Å². The average molecular weight is 447 g/mol. The minimum Gasteiger partial charge on any atom is -0.465 e. The Bertz CT molecular complexity index is 838. The molecular formula is C24H34N2O6. The highest BCUT2D eigenvalue weighted by Crippen LogP contribution is 2.57. The highest BCUT2D eigenvalue weighted by atomic mass is 16.6. The Balaban J connectivity index is 1.83. The van der Waals surface area contributed by atoms with Crippen LogP contribution < -0.4 is 0 Å². The quantitative estimate of drug-likeness (QED) is 0.390. The van der Waals surface area contributed by atoms with Gasteiger partial charge in [0.05, 0.1) is 18.1 Å². The van der Waals surface area contributed by atoms with Crippen LogP contribution in [0.25, 0.3) is 0 Å². The molecule has 2 amide bonds. The fraction of sp³-hybridized carbons (Fsp3) is 0.708. The van der Waals surface area contributed by atoms with Crippen LogP contribution in [0, 0.1) is 11.8 Å². The average Bonchev–Trinajstić information content (AvgIpc) is 3.07. The number of amides is 2. The summed E-state index contributed by atoms with van der Waals surface area (Å²) in [6.45, 7) is 6.77. The summed E-state index contributed by atoms with van der Waals surface area (Å²) in [6, 6.07) is -0.900. The van der Waals surface area contributed by atoms with Gasteiger partial charge in [0, 0.05) is 25.7 Å². The number of unbranched alkanes of at least 4 members (excludes halogenated alkanes) is 1. The molecule has 32 heavy (non-hydrogen) atoms. The lowest BCUT2D eigenvalue weighted by Gasteiger charge is -2.38. The summed E-state index contributed by atoms with van der Waals surface area (Å²) in [5, 5.41) is 9.23. The van der Waals surface area contributed by atoms with Crippen molar-refractivity contribution in [3.8, 4) is 0 Å². The molecule has 4 aliphatic heterocycles. The van der Waals surface area contributed by atoms with Gasteiger partial charge in [-0.2, -0.15) is 0 Å². The molecule has 0 aromatic rings. The van der Waals surface area contributed by atoms with Crippen LogP contribution in [0.5, 0.6) is 0 Å². The minimum absolute atomic E-state index is 0.0154. The third-order valence-corrected chi connectivity index (χ3v) is 7.21. The van der Waals surface area contributed by atoms with Crippen LogP contribution in [-0.2, 0) is 23.9 Å². The first-order valence-electron chi connectivity index (χ1n) is 11.7. The smallest absolute Gasteiger partial charge is 0.313 e. The van der Waals surface area contributed by atoms with Crippen LogP contribution in [0.1, 0.15) is 46.5 Å². The van der Waals surface area contributed by atoms with E-state index in [2.05, 4.69) is 0 Å². The molecule has 0 bridgehead atoms. The predicted octanol–water partition coefficient (Wildman–Crippen LogP) is 1.43. The van der Waals surface area contributed by atoms with Gasteiger partial charge in [-0.05, 0) is 46.5 Å². The molecular weight excluding hydrogens is 412 g/mol. The number of carbonyl (C=O) groups is 3. The van der Waals surface area contributed by atoms with E-state index in [1.165, 1.54) is 0 Å². The monoisotopic (exact) mass is 446 g/mol. The first-order valence-corrected chi connectivity index (χ1v) is 11.7. The van der Waals surface area contributed by atoms with Crippen molar-refractivity contribution in [3.05, 3.63) is 24.3 Å². The molecule has 1 N–H and O–H groups in total. The fourth-order valence-electron chi connectivity index (χ4n) is 5.75. The lowest BCUT2D eigenvalue weighted by atomic mass is 9.74. The SMILES string of the molecule is CC(C)N1CC=C[C@]23O[C@]4(C)/C=C\CCCOC(=O)[C@@H]4[C@H]2C(=O)N(CCCCO)C3C1=O. The van der Waals surface area contributed by atoms with Crippen molar-refractivity contribution in [2.45, 2.75) is 69.7 Å². The second kappa shape index (κ2) is 8.63. The highest BCUT2D eigenvalue weighted by molar-refractivity contribution is 5.99. The van der Waals surface area contributed by atoms with Crippen molar-refractivity contribution >= 4 is 17.8 Å². The van der Waals surface area contributed by atoms with Gasteiger partial charge in [-0.1, -0.05) is 24.3 Å². The third-order valence-electron chi connectivity index (χ3n) is 7.21. The van der Waals surface area contributed by atoms with Gasteiger partial charge in [0.25, 0.3) is 0 Å². The molecule has 2 saturated heterocycles. The summed E-state index contributed by atoms with van der Waals surface area (Å²) >= 11 is 0. The van der Waals surface area contributed by atoms with E-state index >= 15 is 0 Å². The number of carbonyl (C=O) groups excluding carboxylic acids is 3. The molecule has 4 aliphatic rings. The maximum absolute atomic E-state index is 13.9. The summed E-state index contributed by atoms with van der Waals surface area (Å²) in [5.74, 6) is -2.55. The number of rotatable bonds is 5. The Morgan fingerprint density at radius 2 is 1.91 bits per heavy atom. The van der Waals surface area contributed by atoms with Gasteiger partial charge in [0.1, 0.15) is 17.6 Å². The number of allylic oxidation sites excluding steroid dienone is 1. The molecule has 1 unspecified atom stereocenters. The Morgan fingerprint density at radius 1 is 1.12 bits per heavy atom. The van der Waals surface area contributed by atoms with Gasteiger partial charge in [-0.25, -0.2) is 0 Å². The maximum Gasteiger partial charge on any atom is 0.313 e. The van der Waals surface area contributed by atoms with Crippen molar-refractivity contribution in [3.63, 3.8) is 0 Å². The standard InChI is InChI=1S/C24H34N2O6/c1-16(2)25-13-9-11-24-17(20(28)26(12-6-7-14-27)19(24)21(25)29)18-22(30)31-15-8-4-5-10-23(18,3)32-24/h5,9-11,16-19,27H,4,6-8,12-15H2,1-3H3/b10-5-/t17-,18-,19?,23+,24-/m0/s1. The molecule has 2 fully saturated rings. The summed E-state index contributed by atoms with van der Waals surface area (Å²) in [5.41, 5.74) is -2.28. The summed E-state index contributed by atoms with van der Waals surface area (Å²) in [6.07, 6.45) is 10.1. The lowest BCUT2D eigenvalue weighted by Crippen LogP contribution is -2.57. The molecule has 0 radical (unpaired) electrons. The number of cyclic esters (lactones) is 1. The lowest BCUT2D eigenvalue weighted by molar-refractivity contribution is -0.159. The number of hydrogen-bond acceptors (Lipinski definition) is 6. The normalized spacial score (nSPS) is 37.9. The molecule has 4 heterocycles. The van der Waals surface area contributed by atoms with E-state index in [-0.39, 0.29) is 24.5 Å². The van der Waals surface area contributed by atoms with Crippen LogP contribution in [-0.4, -0.2) is 82.3 Å². The molecule has 4 rings (SSSR count). The van der Waals surface area contributed by atoms with Crippen molar-refractivity contribution in [1.29, 1.82) is 0 Å². The first kappa shape index (κ1) is 23.0. The predicted molar refractivity (Wildman–Crippen MR) is 116 cm³/mol. The molecule has 0 aromatic carbocycles. The Morgan fingerprint density at radius 3 is 2.62 bits per heavy atom. The summed E-state index contributed by atoms with van der Waals surface area (Å²) < 4.78 is 12.2.